The molecule has 0 unspecified atom stereocenters. The van der Waals surface area contributed by atoms with Crippen molar-refractivity contribution in [2.45, 2.75) is 11.4 Å². The standard InChI is InChI=1S/C21H21FN2O2S.C2H2O4/c22-21-8-4-3-7-19(21)16-23-11-13-24(14-12-23)27(25,26)20-10-9-17-5-1-2-6-18(17)15-20;3-1(4)2(5)6/h1-10,15H,11-14,16H2;(H,3,4)(H,5,6). The highest BCUT2D eigenvalue weighted by molar-refractivity contribution is 7.89. The highest BCUT2D eigenvalue weighted by Crippen LogP contribution is 2.23. The van der Waals surface area contributed by atoms with Gasteiger partial charge < -0.3 is 10.2 Å². The summed E-state index contributed by atoms with van der Waals surface area (Å²) in [4.78, 5) is 20.6. The van der Waals surface area contributed by atoms with Crippen LogP contribution in [-0.4, -0.2) is 66.0 Å². The molecule has 3 aromatic carbocycles. The topological polar surface area (TPSA) is 115 Å². The molecular weight excluding hydrogens is 451 g/mol. The molecule has 0 radical (unpaired) electrons. The van der Waals surface area contributed by atoms with E-state index in [1.807, 2.05) is 36.4 Å². The Morgan fingerprint density at radius 1 is 0.818 bits per heavy atom. The lowest BCUT2D eigenvalue weighted by Gasteiger charge is -2.34. The first-order valence-electron chi connectivity index (χ1n) is 10.1. The number of carboxylic acids is 2. The summed E-state index contributed by atoms with van der Waals surface area (Å²) in [6.07, 6.45) is 0. The van der Waals surface area contributed by atoms with Crippen LogP contribution in [0.25, 0.3) is 10.8 Å². The smallest absolute Gasteiger partial charge is 0.414 e. The van der Waals surface area contributed by atoms with Gasteiger partial charge in [-0.25, -0.2) is 22.4 Å². The molecule has 0 spiro atoms. The van der Waals surface area contributed by atoms with Gasteiger partial charge in [0.2, 0.25) is 10.0 Å². The van der Waals surface area contributed by atoms with Crippen molar-refractivity contribution in [1.82, 2.24) is 9.21 Å². The van der Waals surface area contributed by atoms with Gasteiger partial charge in [-0.1, -0.05) is 48.5 Å². The van der Waals surface area contributed by atoms with Crippen LogP contribution in [0.1, 0.15) is 5.56 Å². The van der Waals surface area contributed by atoms with Gasteiger partial charge in [-0.3, -0.25) is 4.90 Å². The van der Waals surface area contributed by atoms with E-state index >= 15 is 0 Å². The van der Waals surface area contributed by atoms with Gasteiger partial charge in [0.25, 0.3) is 0 Å². The van der Waals surface area contributed by atoms with Crippen molar-refractivity contribution < 1.29 is 32.6 Å². The van der Waals surface area contributed by atoms with Gasteiger partial charge in [0.05, 0.1) is 4.90 Å². The lowest BCUT2D eigenvalue weighted by Crippen LogP contribution is -2.48. The fourth-order valence-corrected chi connectivity index (χ4v) is 4.93. The summed E-state index contributed by atoms with van der Waals surface area (Å²) in [6, 6.07) is 19.7. The normalized spacial score (nSPS) is 14.9. The molecule has 0 saturated carbocycles. The van der Waals surface area contributed by atoms with Gasteiger partial charge in [0.1, 0.15) is 5.82 Å². The number of benzene rings is 3. The Hall–Kier alpha value is -3.34. The van der Waals surface area contributed by atoms with Gasteiger partial charge in [-0.15, -0.1) is 0 Å². The molecule has 8 nitrogen and oxygen atoms in total. The highest BCUT2D eigenvalue weighted by Gasteiger charge is 2.28. The Labute approximate surface area is 190 Å². The Morgan fingerprint density at radius 2 is 1.39 bits per heavy atom. The fourth-order valence-electron chi connectivity index (χ4n) is 3.47. The van der Waals surface area contributed by atoms with Crippen molar-refractivity contribution in [3.05, 3.63) is 78.1 Å². The van der Waals surface area contributed by atoms with E-state index in [2.05, 4.69) is 4.90 Å². The number of hydrogen-bond acceptors (Lipinski definition) is 5. The Kier molecular flexibility index (Phi) is 7.75. The fraction of sp³-hybridized carbons (Fsp3) is 0.217. The lowest BCUT2D eigenvalue weighted by atomic mass is 10.1. The molecule has 1 saturated heterocycles. The van der Waals surface area contributed by atoms with Gasteiger partial charge in [0, 0.05) is 38.3 Å². The van der Waals surface area contributed by atoms with Gasteiger partial charge in [-0.2, -0.15) is 4.31 Å². The number of hydrogen-bond donors (Lipinski definition) is 2. The second-order valence-electron chi connectivity index (χ2n) is 7.39. The summed E-state index contributed by atoms with van der Waals surface area (Å²) >= 11 is 0. The average molecular weight is 475 g/mol. The molecule has 2 N–H and O–H groups in total. The van der Waals surface area contributed by atoms with Crippen LogP contribution in [0.15, 0.2) is 71.6 Å². The van der Waals surface area contributed by atoms with E-state index in [4.69, 9.17) is 19.8 Å². The molecule has 4 rings (SSSR count). The molecule has 33 heavy (non-hydrogen) atoms. The zero-order valence-corrected chi connectivity index (χ0v) is 18.4. The molecule has 0 amide bonds. The Bertz CT molecular complexity index is 1240. The minimum atomic E-state index is -3.53. The number of fused-ring (bicyclic) bond motifs is 1. The number of halogens is 1. The largest absolute Gasteiger partial charge is 0.473 e. The minimum Gasteiger partial charge on any atom is -0.473 e. The first-order chi connectivity index (χ1) is 15.7. The molecule has 1 aliphatic heterocycles. The van der Waals surface area contributed by atoms with E-state index in [1.165, 1.54) is 10.4 Å². The maximum atomic E-state index is 13.8. The summed E-state index contributed by atoms with van der Waals surface area (Å²) in [5.41, 5.74) is 0.642. The lowest BCUT2D eigenvalue weighted by molar-refractivity contribution is -0.159. The molecule has 0 aromatic heterocycles. The third kappa shape index (κ3) is 6.13. The highest BCUT2D eigenvalue weighted by atomic mass is 32.2. The second kappa shape index (κ2) is 10.5. The molecule has 174 valence electrons. The van der Waals surface area contributed by atoms with E-state index in [0.717, 1.165) is 10.8 Å². The van der Waals surface area contributed by atoms with Crippen molar-refractivity contribution in [3.63, 3.8) is 0 Å². The minimum absolute atomic E-state index is 0.219. The first-order valence-corrected chi connectivity index (χ1v) is 11.5. The molecule has 3 aromatic rings. The molecule has 1 aliphatic rings. The number of carbonyl (C=O) groups is 2. The summed E-state index contributed by atoms with van der Waals surface area (Å²) in [7, 11) is -3.53. The SMILES string of the molecule is O=C(O)C(=O)O.O=S(=O)(c1ccc2ccccc2c1)N1CCN(Cc2ccccc2F)CC1. The van der Waals surface area contributed by atoms with Crippen molar-refractivity contribution in [2.24, 2.45) is 0 Å². The van der Waals surface area contributed by atoms with Crippen LogP contribution in [0.5, 0.6) is 0 Å². The number of aliphatic carboxylic acids is 2. The molecule has 1 fully saturated rings. The summed E-state index contributed by atoms with van der Waals surface area (Å²) in [6.45, 7) is 2.48. The zero-order valence-electron chi connectivity index (χ0n) is 17.6. The Balaban J connectivity index is 0.000000454. The molecule has 0 aliphatic carbocycles. The van der Waals surface area contributed by atoms with Crippen LogP contribution in [0.2, 0.25) is 0 Å². The maximum Gasteiger partial charge on any atom is 0.414 e. The number of piperazine rings is 1. The second-order valence-corrected chi connectivity index (χ2v) is 9.33. The third-order valence-electron chi connectivity index (χ3n) is 5.22. The van der Waals surface area contributed by atoms with Crippen LogP contribution in [0, 0.1) is 5.82 Å². The number of nitrogens with zero attached hydrogens (tertiary/aromatic N) is 2. The maximum absolute atomic E-state index is 13.8. The average Bonchev–Trinajstić information content (AvgIpc) is 2.81. The predicted molar refractivity (Wildman–Crippen MR) is 120 cm³/mol. The van der Waals surface area contributed by atoms with Crippen molar-refractivity contribution >= 4 is 32.7 Å². The summed E-state index contributed by atoms with van der Waals surface area (Å²) in [5, 5.41) is 16.7. The van der Waals surface area contributed by atoms with Crippen LogP contribution in [-0.2, 0) is 26.2 Å². The van der Waals surface area contributed by atoms with Crippen molar-refractivity contribution in [2.75, 3.05) is 26.2 Å². The molecule has 0 bridgehead atoms. The van der Waals surface area contributed by atoms with Crippen LogP contribution in [0.4, 0.5) is 4.39 Å². The van der Waals surface area contributed by atoms with Gasteiger partial charge in [-0.05, 0) is 29.0 Å². The molecule has 1 heterocycles. The Morgan fingerprint density at radius 3 is 2.00 bits per heavy atom. The van der Waals surface area contributed by atoms with Crippen LogP contribution in [0.3, 0.4) is 0 Å². The van der Waals surface area contributed by atoms with E-state index in [0.29, 0.717) is 43.2 Å². The first kappa shape index (κ1) is 24.3. The van der Waals surface area contributed by atoms with E-state index in [-0.39, 0.29) is 5.82 Å². The molecule has 10 heteroatoms. The number of rotatable bonds is 4. The summed E-state index contributed by atoms with van der Waals surface area (Å²) < 4.78 is 41.3. The van der Waals surface area contributed by atoms with E-state index in [9.17, 15) is 12.8 Å². The molecular formula is C23H23FN2O6S. The van der Waals surface area contributed by atoms with Gasteiger partial charge >= 0.3 is 11.9 Å². The summed E-state index contributed by atoms with van der Waals surface area (Å²) in [5.74, 6) is -3.87. The predicted octanol–water partition coefficient (Wildman–Crippen LogP) is 2.64. The third-order valence-corrected chi connectivity index (χ3v) is 7.12. The van der Waals surface area contributed by atoms with Crippen LogP contribution >= 0.6 is 0 Å². The quantitative estimate of drug-likeness (QED) is 0.559. The van der Waals surface area contributed by atoms with Gasteiger partial charge in [0.15, 0.2) is 0 Å². The van der Waals surface area contributed by atoms with E-state index in [1.54, 1.807) is 24.3 Å². The zero-order chi connectivity index (χ0) is 24.0. The number of carboxylic acid groups (broad SMARTS) is 2. The van der Waals surface area contributed by atoms with Crippen LogP contribution < -0.4 is 0 Å². The molecule has 0 atom stereocenters. The number of sulfonamides is 1. The van der Waals surface area contributed by atoms with E-state index < -0.39 is 22.0 Å². The van der Waals surface area contributed by atoms with Crippen molar-refractivity contribution in [3.8, 4) is 0 Å². The monoisotopic (exact) mass is 474 g/mol. The van der Waals surface area contributed by atoms with Crippen molar-refractivity contribution in [1.29, 1.82) is 0 Å².